The molecule has 9 nitrogen and oxygen atoms in total. The summed E-state index contributed by atoms with van der Waals surface area (Å²) in [5, 5.41) is 54.6. The maximum absolute atomic E-state index is 13.1. The van der Waals surface area contributed by atoms with E-state index in [-0.39, 0.29) is 12.5 Å². The minimum Gasteiger partial charge on any atom is -0.394 e. The number of amides is 1. The summed E-state index contributed by atoms with van der Waals surface area (Å²) >= 11 is 0. The van der Waals surface area contributed by atoms with Crippen molar-refractivity contribution in [2.24, 2.45) is 0 Å². The van der Waals surface area contributed by atoms with Crippen LogP contribution in [-0.4, -0.2) is 87.5 Å². The highest BCUT2D eigenvalue weighted by atomic mass is 16.7. The fourth-order valence-corrected chi connectivity index (χ4v) is 10.4. The van der Waals surface area contributed by atoms with Gasteiger partial charge in [0, 0.05) is 6.42 Å². The number of carbonyl (C=O) groups is 1. The van der Waals surface area contributed by atoms with Crippen LogP contribution in [0.3, 0.4) is 0 Å². The number of aliphatic hydroxyl groups excluding tert-OH is 5. The Morgan fingerprint density at radius 3 is 1.19 bits per heavy atom. The maximum atomic E-state index is 13.1. The van der Waals surface area contributed by atoms with Gasteiger partial charge < -0.3 is 40.3 Å². The van der Waals surface area contributed by atoms with Crippen molar-refractivity contribution in [3.63, 3.8) is 0 Å². The molecule has 0 spiro atoms. The molecule has 0 aromatic heterocycles. The van der Waals surface area contributed by atoms with Crippen molar-refractivity contribution in [1.82, 2.24) is 5.32 Å². The number of allylic oxidation sites excluding steroid dienone is 9. The molecule has 1 aliphatic rings. The van der Waals surface area contributed by atoms with E-state index in [1.165, 1.54) is 225 Å². The van der Waals surface area contributed by atoms with Crippen LogP contribution in [0.15, 0.2) is 60.8 Å². The minimum absolute atomic E-state index is 0.172. The molecule has 6 N–H and O–H groups in total. The van der Waals surface area contributed by atoms with E-state index >= 15 is 0 Å². The van der Waals surface area contributed by atoms with Gasteiger partial charge in [0.25, 0.3) is 0 Å². The second-order valence-corrected chi connectivity index (χ2v) is 22.9. The lowest BCUT2D eigenvalue weighted by Crippen LogP contribution is -2.60. The Balaban J connectivity index is 2.04. The minimum atomic E-state index is -1.57. The Morgan fingerprint density at radius 1 is 0.455 bits per heavy atom. The molecule has 450 valence electrons. The predicted octanol–water partition coefficient (Wildman–Crippen LogP) is 17.4. The van der Waals surface area contributed by atoms with Crippen molar-refractivity contribution in [1.29, 1.82) is 0 Å². The number of aliphatic hydroxyl groups is 5. The van der Waals surface area contributed by atoms with Crippen LogP contribution in [0.1, 0.15) is 309 Å². The highest BCUT2D eigenvalue weighted by molar-refractivity contribution is 5.76. The van der Waals surface area contributed by atoms with E-state index < -0.39 is 49.5 Å². The SMILES string of the molecule is CC/C=C\C/C=C\C/C=C\C/C=C\CCCCCCCCCCCCCCCCCCCCCCCCCCCCC(=O)NC(COC1OC(CO)C(O)C(O)C1O)C(O)/C=C/CCCCCCCCCCCCCCC. The normalized spacial score (nSPS) is 19.1. The molecule has 9 heteroatoms. The molecule has 0 saturated carbocycles. The summed E-state index contributed by atoms with van der Waals surface area (Å²) in [6, 6.07) is -0.804. The standard InChI is InChI=1S/C68H125NO8/c1-3-5-7-9-11-13-15-17-19-20-21-22-23-24-25-26-27-28-29-30-31-32-33-34-35-36-37-38-39-40-41-42-44-46-48-50-52-54-56-58-64(72)69-61(60-76-68-67(75)66(74)65(73)63(59-70)77-68)62(71)57-55-53-51-49-47-45-43-18-16-14-12-10-8-6-4-2/h5,7,11,13,17,19,21-22,55,57,61-63,65-68,70-71,73-75H,3-4,6,8-10,12,14-16,18,20,23-54,56,58-60H2,1-2H3,(H,69,72)/b7-5-,13-11-,19-17-,22-21-,57-55+. The third kappa shape index (κ3) is 46.2. The fourth-order valence-electron chi connectivity index (χ4n) is 10.4. The smallest absolute Gasteiger partial charge is 0.220 e. The first-order valence-electron chi connectivity index (χ1n) is 33.0. The summed E-state index contributed by atoms with van der Waals surface area (Å²) < 4.78 is 11.3. The van der Waals surface area contributed by atoms with Crippen LogP contribution in [0.2, 0.25) is 0 Å². The van der Waals surface area contributed by atoms with E-state index in [0.29, 0.717) is 6.42 Å². The average Bonchev–Trinajstić information content (AvgIpc) is 3.43. The first-order valence-corrected chi connectivity index (χ1v) is 33.0. The van der Waals surface area contributed by atoms with Crippen LogP contribution in [-0.2, 0) is 14.3 Å². The van der Waals surface area contributed by atoms with Crippen molar-refractivity contribution < 1.29 is 39.8 Å². The second-order valence-electron chi connectivity index (χ2n) is 22.9. The van der Waals surface area contributed by atoms with E-state index in [4.69, 9.17) is 9.47 Å². The number of unbranched alkanes of at least 4 members (excludes halogenated alkanes) is 39. The van der Waals surface area contributed by atoms with Gasteiger partial charge in [0.1, 0.15) is 24.4 Å². The van der Waals surface area contributed by atoms with Gasteiger partial charge in [-0.25, -0.2) is 0 Å². The van der Waals surface area contributed by atoms with E-state index in [2.05, 4.69) is 67.8 Å². The van der Waals surface area contributed by atoms with Crippen LogP contribution in [0.25, 0.3) is 0 Å². The molecule has 0 aliphatic carbocycles. The van der Waals surface area contributed by atoms with Crippen LogP contribution in [0.4, 0.5) is 0 Å². The van der Waals surface area contributed by atoms with Crippen LogP contribution >= 0.6 is 0 Å². The fraction of sp³-hybridized carbons (Fsp3) is 0.838. The van der Waals surface area contributed by atoms with Gasteiger partial charge in [-0.2, -0.15) is 0 Å². The van der Waals surface area contributed by atoms with E-state index in [1.54, 1.807) is 6.08 Å². The lowest BCUT2D eigenvalue weighted by Gasteiger charge is -2.40. The van der Waals surface area contributed by atoms with Crippen molar-refractivity contribution >= 4 is 5.91 Å². The van der Waals surface area contributed by atoms with Gasteiger partial charge in [-0.15, -0.1) is 0 Å². The lowest BCUT2D eigenvalue weighted by atomic mass is 9.99. The molecule has 1 rings (SSSR count). The summed E-state index contributed by atoms with van der Waals surface area (Å²) in [5.74, 6) is -0.172. The molecule has 1 heterocycles. The topological polar surface area (TPSA) is 149 Å². The quantitative estimate of drug-likeness (QED) is 0.0261. The van der Waals surface area contributed by atoms with Gasteiger partial charge in [0.2, 0.25) is 5.91 Å². The third-order valence-corrected chi connectivity index (χ3v) is 15.6. The van der Waals surface area contributed by atoms with Crippen LogP contribution in [0, 0.1) is 0 Å². The average molecular weight is 1080 g/mol. The van der Waals surface area contributed by atoms with Gasteiger partial charge in [-0.05, 0) is 57.8 Å². The first-order chi connectivity index (χ1) is 37.8. The zero-order valence-corrected chi connectivity index (χ0v) is 50.2. The van der Waals surface area contributed by atoms with Crippen molar-refractivity contribution in [2.45, 2.75) is 352 Å². The number of nitrogens with one attached hydrogen (secondary N) is 1. The summed E-state index contributed by atoms with van der Waals surface area (Å²) in [5.41, 5.74) is 0. The largest absolute Gasteiger partial charge is 0.394 e. The zero-order chi connectivity index (χ0) is 55.8. The first kappa shape index (κ1) is 72.9. The Morgan fingerprint density at radius 2 is 0.805 bits per heavy atom. The van der Waals surface area contributed by atoms with Gasteiger partial charge in [0.15, 0.2) is 6.29 Å². The molecule has 0 aromatic rings. The third-order valence-electron chi connectivity index (χ3n) is 15.6. The van der Waals surface area contributed by atoms with Crippen molar-refractivity contribution in [3.05, 3.63) is 60.8 Å². The van der Waals surface area contributed by atoms with Gasteiger partial charge in [-0.1, -0.05) is 306 Å². The van der Waals surface area contributed by atoms with Gasteiger partial charge in [0.05, 0.1) is 25.4 Å². The zero-order valence-electron chi connectivity index (χ0n) is 50.2. The van der Waals surface area contributed by atoms with E-state index in [0.717, 1.165) is 64.2 Å². The molecule has 1 amide bonds. The molecule has 0 bridgehead atoms. The molecule has 1 fully saturated rings. The summed E-state index contributed by atoms with van der Waals surface area (Å²) in [7, 11) is 0. The van der Waals surface area contributed by atoms with Crippen molar-refractivity contribution in [3.8, 4) is 0 Å². The highest BCUT2D eigenvalue weighted by Gasteiger charge is 2.44. The Hall–Kier alpha value is -2.11. The number of hydrogen-bond acceptors (Lipinski definition) is 8. The Kier molecular flexibility index (Phi) is 54.1. The maximum Gasteiger partial charge on any atom is 0.220 e. The summed E-state index contributed by atoms with van der Waals surface area (Å²) in [6.07, 6.45) is 71.9. The Labute approximate surface area is 475 Å². The molecule has 77 heavy (non-hydrogen) atoms. The number of ether oxygens (including phenoxy) is 2. The van der Waals surface area contributed by atoms with E-state index in [1.807, 2.05) is 6.08 Å². The predicted molar refractivity (Wildman–Crippen MR) is 327 cm³/mol. The molecule has 1 aliphatic heterocycles. The number of hydrogen-bond donors (Lipinski definition) is 6. The Bertz CT molecular complexity index is 1400. The second kappa shape index (κ2) is 57.1. The van der Waals surface area contributed by atoms with Crippen LogP contribution < -0.4 is 5.32 Å². The van der Waals surface area contributed by atoms with Crippen LogP contribution in [0.5, 0.6) is 0 Å². The number of carbonyl (C=O) groups excluding carboxylic acids is 1. The molecule has 1 saturated heterocycles. The highest BCUT2D eigenvalue weighted by Crippen LogP contribution is 2.23. The van der Waals surface area contributed by atoms with Crippen molar-refractivity contribution in [2.75, 3.05) is 13.2 Å². The van der Waals surface area contributed by atoms with E-state index in [9.17, 15) is 30.3 Å². The summed E-state index contributed by atoms with van der Waals surface area (Å²) in [4.78, 5) is 13.1. The molecule has 0 radical (unpaired) electrons. The summed E-state index contributed by atoms with van der Waals surface area (Å²) in [6.45, 7) is 3.69. The monoisotopic (exact) mass is 1080 g/mol. The van der Waals surface area contributed by atoms with Gasteiger partial charge in [-0.3, -0.25) is 4.79 Å². The molecular weight excluding hydrogens is 959 g/mol. The molecule has 7 unspecified atom stereocenters. The number of rotatable bonds is 57. The van der Waals surface area contributed by atoms with Gasteiger partial charge >= 0.3 is 0 Å². The molecular formula is C68H125NO8. The lowest BCUT2D eigenvalue weighted by molar-refractivity contribution is -0.302. The molecule has 0 aromatic carbocycles. The molecule has 7 atom stereocenters.